The van der Waals surface area contributed by atoms with Gasteiger partial charge in [-0.2, -0.15) is 0 Å². The van der Waals surface area contributed by atoms with E-state index in [1.54, 1.807) is 0 Å². The normalized spacial score (nSPS) is 18.4. The van der Waals surface area contributed by atoms with E-state index in [1.807, 2.05) is 6.92 Å². The Balaban J connectivity index is 1.36. The van der Waals surface area contributed by atoms with E-state index in [0.717, 1.165) is 38.5 Å². The minimum atomic E-state index is -1.25. The molecule has 1 saturated carbocycles. The predicted octanol–water partition coefficient (Wildman–Crippen LogP) is 8.89. The van der Waals surface area contributed by atoms with Crippen molar-refractivity contribution < 1.29 is 17.9 Å². The molecule has 0 unspecified atom stereocenters. The van der Waals surface area contributed by atoms with Gasteiger partial charge in [0.15, 0.2) is 17.4 Å². The van der Waals surface area contributed by atoms with Gasteiger partial charge in [-0.15, -0.1) is 0 Å². The molecule has 3 aromatic rings. The number of hydrogen-bond donors (Lipinski definition) is 0. The van der Waals surface area contributed by atoms with E-state index < -0.39 is 24.2 Å². The number of hydrogen-bond acceptors (Lipinski definition) is 1. The topological polar surface area (TPSA) is 9.23 Å². The van der Waals surface area contributed by atoms with Crippen LogP contribution in [0.25, 0.3) is 11.1 Å². The quantitative estimate of drug-likeness (QED) is 0.302. The molecule has 0 aliphatic heterocycles. The first-order valence-electron chi connectivity index (χ1n) is 12.1. The molecule has 0 atom stereocenters. The SMILES string of the molecule is C/C=C/CCc1ccc(-c2ccc(C3CCC(c4cc(F)c(OCF)c(F)c4)CC3)cc2)cc1. The summed E-state index contributed by atoms with van der Waals surface area (Å²) in [4.78, 5) is 0. The Hall–Kier alpha value is -3.01. The van der Waals surface area contributed by atoms with E-state index in [9.17, 15) is 13.2 Å². The highest BCUT2D eigenvalue weighted by Crippen LogP contribution is 2.42. The number of ether oxygens (including phenoxy) is 1. The van der Waals surface area contributed by atoms with Crippen LogP contribution in [0.4, 0.5) is 13.2 Å². The molecule has 1 nitrogen and oxygen atoms in total. The Morgan fingerprint density at radius 3 is 1.85 bits per heavy atom. The van der Waals surface area contributed by atoms with Crippen LogP contribution < -0.4 is 4.74 Å². The Morgan fingerprint density at radius 1 is 0.794 bits per heavy atom. The first kappa shape index (κ1) is 24.1. The summed E-state index contributed by atoms with van der Waals surface area (Å²) in [6, 6.07) is 20.2. The van der Waals surface area contributed by atoms with Crippen molar-refractivity contribution >= 4 is 0 Å². The van der Waals surface area contributed by atoms with Crippen LogP contribution in [0.3, 0.4) is 0 Å². The number of benzene rings is 3. The molecule has 1 aliphatic carbocycles. The fraction of sp³-hybridized carbons (Fsp3) is 0.333. The van der Waals surface area contributed by atoms with Crippen molar-refractivity contribution in [1.82, 2.24) is 0 Å². The molecule has 0 N–H and O–H groups in total. The van der Waals surface area contributed by atoms with Gasteiger partial charge in [0, 0.05) is 0 Å². The van der Waals surface area contributed by atoms with Crippen LogP contribution in [0, 0.1) is 11.6 Å². The maximum Gasteiger partial charge on any atom is 0.228 e. The van der Waals surface area contributed by atoms with Crippen molar-refractivity contribution in [2.24, 2.45) is 0 Å². The van der Waals surface area contributed by atoms with Gasteiger partial charge >= 0.3 is 0 Å². The van der Waals surface area contributed by atoms with Crippen molar-refractivity contribution in [2.45, 2.75) is 57.3 Å². The van der Waals surface area contributed by atoms with Crippen LogP contribution in [-0.2, 0) is 6.42 Å². The minimum absolute atomic E-state index is 0.102. The van der Waals surface area contributed by atoms with Crippen LogP contribution >= 0.6 is 0 Å². The third kappa shape index (κ3) is 5.72. The number of allylic oxidation sites excluding steroid dienone is 2. The van der Waals surface area contributed by atoms with Crippen LogP contribution in [0.15, 0.2) is 72.8 Å². The molecule has 0 amide bonds. The van der Waals surface area contributed by atoms with Gasteiger partial charge in [-0.3, -0.25) is 0 Å². The second kappa shape index (κ2) is 11.4. The van der Waals surface area contributed by atoms with Gasteiger partial charge in [0.2, 0.25) is 6.86 Å². The molecule has 34 heavy (non-hydrogen) atoms. The Bertz CT molecular complexity index is 1070. The average Bonchev–Trinajstić information content (AvgIpc) is 2.87. The van der Waals surface area contributed by atoms with E-state index in [1.165, 1.54) is 34.4 Å². The second-order valence-electron chi connectivity index (χ2n) is 9.04. The highest BCUT2D eigenvalue weighted by molar-refractivity contribution is 5.64. The molecule has 3 aromatic carbocycles. The van der Waals surface area contributed by atoms with Gasteiger partial charge < -0.3 is 4.74 Å². The lowest BCUT2D eigenvalue weighted by Gasteiger charge is -2.29. The van der Waals surface area contributed by atoms with Crippen LogP contribution in [0.2, 0.25) is 0 Å². The van der Waals surface area contributed by atoms with Crippen molar-refractivity contribution in [3.63, 3.8) is 0 Å². The first-order valence-corrected chi connectivity index (χ1v) is 12.1. The van der Waals surface area contributed by atoms with Crippen LogP contribution in [-0.4, -0.2) is 6.86 Å². The van der Waals surface area contributed by atoms with E-state index in [2.05, 4.69) is 65.4 Å². The number of rotatable bonds is 8. The van der Waals surface area contributed by atoms with Crippen molar-refractivity contribution in [3.05, 3.63) is 101 Å². The summed E-state index contributed by atoms with van der Waals surface area (Å²) in [5.74, 6) is -1.76. The maximum atomic E-state index is 14.1. The lowest BCUT2D eigenvalue weighted by molar-refractivity contribution is 0.176. The maximum absolute atomic E-state index is 14.1. The molecule has 4 rings (SSSR count). The highest BCUT2D eigenvalue weighted by atomic mass is 19.1. The van der Waals surface area contributed by atoms with Crippen molar-refractivity contribution in [3.8, 4) is 16.9 Å². The third-order valence-electron chi connectivity index (χ3n) is 6.92. The standard InChI is InChI=1S/C30H31F3O/c1-2-3-4-5-21-6-8-22(9-7-21)23-10-12-24(13-11-23)25-14-16-26(17-15-25)27-18-28(32)30(34-20-31)29(33)19-27/h2-3,6-13,18-19,25-26H,4-5,14-17,20H2,1H3/b3-2+. The zero-order chi connectivity index (χ0) is 23.9. The summed E-state index contributed by atoms with van der Waals surface area (Å²) in [5, 5.41) is 0. The van der Waals surface area contributed by atoms with E-state index in [0.29, 0.717) is 11.5 Å². The van der Waals surface area contributed by atoms with Gasteiger partial charge in [0.1, 0.15) is 0 Å². The van der Waals surface area contributed by atoms with Crippen molar-refractivity contribution in [2.75, 3.05) is 6.86 Å². The van der Waals surface area contributed by atoms with E-state index in [-0.39, 0.29) is 5.92 Å². The van der Waals surface area contributed by atoms with Crippen LogP contribution in [0.5, 0.6) is 5.75 Å². The van der Waals surface area contributed by atoms with Crippen LogP contribution in [0.1, 0.15) is 67.6 Å². The third-order valence-corrected chi connectivity index (χ3v) is 6.92. The molecule has 1 aliphatic rings. The Morgan fingerprint density at radius 2 is 1.32 bits per heavy atom. The lowest BCUT2D eigenvalue weighted by atomic mass is 9.76. The van der Waals surface area contributed by atoms with Crippen molar-refractivity contribution in [1.29, 1.82) is 0 Å². The number of aryl methyl sites for hydroxylation is 1. The molecule has 0 heterocycles. The van der Waals surface area contributed by atoms with Gasteiger partial charge in [-0.1, -0.05) is 60.7 Å². The molecule has 1 fully saturated rings. The summed E-state index contributed by atoms with van der Waals surface area (Å²) in [6.07, 6.45) is 10.1. The fourth-order valence-electron chi connectivity index (χ4n) is 5.00. The largest absolute Gasteiger partial charge is 0.457 e. The number of halogens is 3. The van der Waals surface area contributed by atoms with E-state index in [4.69, 9.17) is 0 Å². The number of alkyl halides is 1. The monoisotopic (exact) mass is 464 g/mol. The summed E-state index contributed by atoms with van der Waals surface area (Å²) in [5.41, 5.74) is 5.71. The second-order valence-corrected chi connectivity index (χ2v) is 9.04. The molecule has 178 valence electrons. The summed E-state index contributed by atoms with van der Waals surface area (Å²) in [7, 11) is 0. The molecule has 0 spiro atoms. The van der Waals surface area contributed by atoms with Gasteiger partial charge in [0.05, 0.1) is 0 Å². The lowest BCUT2D eigenvalue weighted by Crippen LogP contribution is -2.13. The molecule has 4 heteroatoms. The molecular weight excluding hydrogens is 433 g/mol. The zero-order valence-electron chi connectivity index (χ0n) is 19.6. The Labute approximate surface area is 200 Å². The van der Waals surface area contributed by atoms with Gasteiger partial charge in [0.25, 0.3) is 0 Å². The molecule has 0 aromatic heterocycles. The molecule has 0 saturated heterocycles. The smallest absolute Gasteiger partial charge is 0.228 e. The predicted molar refractivity (Wildman–Crippen MR) is 132 cm³/mol. The summed E-state index contributed by atoms with van der Waals surface area (Å²) >= 11 is 0. The molecular formula is C30H31F3O. The van der Waals surface area contributed by atoms with E-state index >= 15 is 0 Å². The average molecular weight is 465 g/mol. The summed E-state index contributed by atoms with van der Waals surface area (Å²) in [6.45, 7) is 0.797. The zero-order valence-corrected chi connectivity index (χ0v) is 19.6. The van der Waals surface area contributed by atoms with Gasteiger partial charge in [-0.05, 0) is 97.2 Å². The molecule has 0 bridgehead atoms. The molecule has 0 radical (unpaired) electrons. The minimum Gasteiger partial charge on any atom is -0.457 e. The fourth-order valence-corrected chi connectivity index (χ4v) is 5.00. The van der Waals surface area contributed by atoms with Gasteiger partial charge in [-0.25, -0.2) is 13.2 Å². The highest BCUT2D eigenvalue weighted by Gasteiger charge is 2.25. The Kier molecular flexibility index (Phi) is 8.10. The first-order chi connectivity index (χ1) is 16.6. The summed E-state index contributed by atoms with van der Waals surface area (Å²) < 4.78 is 45.0.